The van der Waals surface area contributed by atoms with Gasteiger partial charge in [-0.2, -0.15) is 12.6 Å². The van der Waals surface area contributed by atoms with Gasteiger partial charge < -0.3 is 5.32 Å². The van der Waals surface area contributed by atoms with Crippen LogP contribution in [-0.4, -0.2) is 18.8 Å². The molecule has 0 aliphatic rings. The first kappa shape index (κ1) is 12.3. The average molecular weight is 170 g/mol. The fourth-order valence-corrected chi connectivity index (χ4v) is 0.664. The molecule has 0 saturated heterocycles. The highest BCUT2D eigenvalue weighted by atomic mass is 35.5. The van der Waals surface area contributed by atoms with E-state index in [1.807, 2.05) is 0 Å². The minimum Gasteiger partial charge on any atom is -0.317 e. The van der Waals surface area contributed by atoms with Gasteiger partial charge in [0.15, 0.2) is 0 Å². The summed E-state index contributed by atoms with van der Waals surface area (Å²) >= 11 is 4.08. The minimum atomic E-state index is 0. The molecule has 0 unspecified atom stereocenters. The summed E-state index contributed by atoms with van der Waals surface area (Å²) in [7, 11) is 0. The van der Waals surface area contributed by atoms with Crippen molar-refractivity contribution in [1.82, 2.24) is 5.32 Å². The zero-order valence-electron chi connectivity index (χ0n) is 5.89. The van der Waals surface area contributed by atoms with Crippen LogP contribution < -0.4 is 5.32 Å². The van der Waals surface area contributed by atoms with Gasteiger partial charge in [0.2, 0.25) is 0 Å². The summed E-state index contributed by atoms with van der Waals surface area (Å²) in [5, 5.41) is 3.29. The Morgan fingerprint density at radius 1 is 1.33 bits per heavy atom. The highest BCUT2D eigenvalue weighted by Gasteiger charge is 1.80. The van der Waals surface area contributed by atoms with Gasteiger partial charge in [0.1, 0.15) is 0 Å². The Morgan fingerprint density at radius 3 is 2.44 bits per heavy atom. The smallest absolute Gasteiger partial charge is 0.00411 e. The largest absolute Gasteiger partial charge is 0.317 e. The van der Waals surface area contributed by atoms with Gasteiger partial charge in [-0.25, -0.2) is 0 Å². The van der Waals surface area contributed by atoms with Gasteiger partial charge in [-0.1, -0.05) is 6.92 Å². The molecule has 0 aliphatic carbocycles. The van der Waals surface area contributed by atoms with Gasteiger partial charge in [0.05, 0.1) is 0 Å². The Kier molecular flexibility index (Phi) is 15.6. The van der Waals surface area contributed by atoms with E-state index in [1.54, 1.807) is 0 Å². The fraction of sp³-hybridized carbons (Fsp3) is 1.00. The summed E-state index contributed by atoms with van der Waals surface area (Å²) in [5.74, 6) is 0.997. The lowest BCUT2D eigenvalue weighted by molar-refractivity contribution is 0.665. The maximum Gasteiger partial charge on any atom is -0.00411 e. The Morgan fingerprint density at radius 2 is 2.00 bits per heavy atom. The van der Waals surface area contributed by atoms with E-state index in [0.717, 1.165) is 18.8 Å². The molecule has 1 nitrogen and oxygen atoms in total. The molecule has 0 rings (SSSR count). The molecule has 58 valence electrons. The van der Waals surface area contributed by atoms with Crippen molar-refractivity contribution in [1.29, 1.82) is 0 Å². The molecule has 0 amide bonds. The van der Waals surface area contributed by atoms with Crippen LogP contribution in [0.1, 0.15) is 19.8 Å². The third-order valence-electron chi connectivity index (χ3n) is 0.938. The van der Waals surface area contributed by atoms with Gasteiger partial charge in [-0.15, -0.1) is 12.4 Å². The highest BCUT2D eigenvalue weighted by Crippen LogP contribution is 1.79. The Hall–Kier alpha value is 0.600. The van der Waals surface area contributed by atoms with E-state index in [2.05, 4.69) is 24.9 Å². The summed E-state index contributed by atoms with van der Waals surface area (Å²) in [6.07, 6.45) is 2.41. The van der Waals surface area contributed by atoms with Gasteiger partial charge in [0.25, 0.3) is 0 Å². The molecular formula is C6H16ClNS. The van der Waals surface area contributed by atoms with Crippen LogP contribution in [0.5, 0.6) is 0 Å². The van der Waals surface area contributed by atoms with E-state index >= 15 is 0 Å². The second kappa shape index (κ2) is 11.4. The lowest BCUT2D eigenvalue weighted by atomic mass is 10.4. The second-order valence-electron chi connectivity index (χ2n) is 1.83. The molecule has 0 aliphatic heterocycles. The zero-order chi connectivity index (χ0) is 6.24. The molecule has 0 aromatic heterocycles. The van der Waals surface area contributed by atoms with Crippen LogP contribution in [0.15, 0.2) is 0 Å². The van der Waals surface area contributed by atoms with Crippen LogP contribution >= 0.6 is 25.0 Å². The van der Waals surface area contributed by atoms with Crippen molar-refractivity contribution in [2.75, 3.05) is 18.8 Å². The molecule has 9 heavy (non-hydrogen) atoms. The summed E-state index contributed by atoms with van der Waals surface area (Å²) < 4.78 is 0. The molecule has 0 spiro atoms. The Labute approximate surface area is 69.4 Å². The zero-order valence-corrected chi connectivity index (χ0v) is 7.60. The molecule has 0 saturated carbocycles. The molecule has 1 N–H and O–H groups in total. The first-order valence-corrected chi connectivity index (χ1v) is 3.86. The summed E-state index contributed by atoms with van der Waals surface area (Å²) in [5.41, 5.74) is 0. The predicted octanol–water partition coefficient (Wildman–Crippen LogP) is 1.73. The lowest BCUT2D eigenvalue weighted by Gasteiger charge is -1.97. The number of halogens is 1. The maximum absolute atomic E-state index is 4.08. The van der Waals surface area contributed by atoms with E-state index in [9.17, 15) is 0 Å². The summed E-state index contributed by atoms with van der Waals surface area (Å²) in [4.78, 5) is 0. The molecular weight excluding hydrogens is 154 g/mol. The molecule has 0 fully saturated rings. The maximum atomic E-state index is 4.08. The molecule has 3 heteroatoms. The Balaban J connectivity index is 0. The molecule has 0 atom stereocenters. The first-order valence-electron chi connectivity index (χ1n) is 3.23. The van der Waals surface area contributed by atoms with Crippen molar-refractivity contribution in [3.63, 3.8) is 0 Å². The minimum absolute atomic E-state index is 0. The fourth-order valence-electron chi connectivity index (χ4n) is 0.506. The molecule has 0 aromatic rings. The lowest BCUT2D eigenvalue weighted by Crippen LogP contribution is -2.15. The van der Waals surface area contributed by atoms with Crippen LogP contribution in [0.2, 0.25) is 0 Å². The number of nitrogens with one attached hydrogen (secondary N) is 1. The van der Waals surface area contributed by atoms with Crippen LogP contribution in [0.25, 0.3) is 0 Å². The van der Waals surface area contributed by atoms with E-state index in [-0.39, 0.29) is 12.4 Å². The predicted molar refractivity (Wildman–Crippen MR) is 48.9 cm³/mol. The van der Waals surface area contributed by atoms with Crippen molar-refractivity contribution in [3.05, 3.63) is 0 Å². The van der Waals surface area contributed by atoms with E-state index in [0.29, 0.717) is 0 Å². The van der Waals surface area contributed by atoms with E-state index < -0.39 is 0 Å². The number of thiol groups is 1. The van der Waals surface area contributed by atoms with Crippen molar-refractivity contribution < 1.29 is 0 Å². The topological polar surface area (TPSA) is 12.0 Å². The third-order valence-corrected chi connectivity index (χ3v) is 1.25. The van der Waals surface area contributed by atoms with Crippen LogP contribution in [0, 0.1) is 0 Å². The van der Waals surface area contributed by atoms with Crippen LogP contribution in [0.3, 0.4) is 0 Å². The van der Waals surface area contributed by atoms with Crippen LogP contribution in [0.4, 0.5) is 0 Å². The standard InChI is InChI=1S/C6H15NS.ClH/c1-2-4-7-5-3-6-8;/h7-8H,2-6H2,1H3;1H. The number of rotatable bonds is 5. The number of hydrogen-bond acceptors (Lipinski definition) is 2. The third kappa shape index (κ3) is 11.9. The van der Waals surface area contributed by atoms with E-state index in [4.69, 9.17) is 0 Å². The molecule has 0 heterocycles. The quantitative estimate of drug-likeness (QED) is 0.472. The van der Waals surface area contributed by atoms with Gasteiger partial charge in [-0.3, -0.25) is 0 Å². The monoisotopic (exact) mass is 169 g/mol. The molecule has 0 radical (unpaired) electrons. The van der Waals surface area contributed by atoms with Crippen molar-refractivity contribution in [2.24, 2.45) is 0 Å². The average Bonchev–Trinajstić information content (AvgIpc) is 1.81. The molecule has 0 bridgehead atoms. The van der Waals surface area contributed by atoms with Gasteiger partial charge >= 0.3 is 0 Å². The van der Waals surface area contributed by atoms with Crippen molar-refractivity contribution >= 4 is 25.0 Å². The summed E-state index contributed by atoms with van der Waals surface area (Å²) in [6, 6.07) is 0. The van der Waals surface area contributed by atoms with Crippen molar-refractivity contribution in [2.45, 2.75) is 19.8 Å². The first-order chi connectivity index (χ1) is 3.91. The molecule has 0 aromatic carbocycles. The van der Waals surface area contributed by atoms with Crippen molar-refractivity contribution in [3.8, 4) is 0 Å². The van der Waals surface area contributed by atoms with E-state index in [1.165, 1.54) is 12.8 Å². The summed E-state index contributed by atoms with van der Waals surface area (Å²) in [6.45, 7) is 4.44. The van der Waals surface area contributed by atoms with Crippen LogP contribution in [-0.2, 0) is 0 Å². The number of hydrogen-bond donors (Lipinski definition) is 2. The SMILES string of the molecule is CCCNCCCS.Cl. The second-order valence-corrected chi connectivity index (χ2v) is 2.27. The highest BCUT2D eigenvalue weighted by molar-refractivity contribution is 7.80. The van der Waals surface area contributed by atoms with Gasteiger partial charge in [-0.05, 0) is 31.7 Å². The Bertz CT molecular complexity index is 38.0. The van der Waals surface area contributed by atoms with Gasteiger partial charge in [0, 0.05) is 0 Å². The normalized spacial score (nSPS) is 8.67.